The fourth-order valence-corrected chi connectivity index (χ4v) is 1.90. The lowest BCUT2D eigenvalue weighted by atomic mass is 10.1. The Hall–Kier alpha value is -1.22. The normalized spacial score (nSPS) is 14.9. The van der Waals surface area contributed by atoms with Gasteiger partial charge in [-0.2, -0.15) is 0 Å². The van der Waals surface area contributed by atoms with Gasteiger partial charge in [0, 0.05) is 13.6 Å². The van der Waals surface area contributed by atoms with Crippen molar-refractivity contribution in [3.05, 3.63) is 28.8 Å². The van der Waals surface area contributed by atoms with E-state index in [1.54, 1.807) is 30.1 Å². The maximum absolute atomic E-state index is 12.1. The number of carbonyl (C=O) groups is 1. The van der Waals surface area contributed by atoms with Gasteiger partial charge in [0.2, 0.25) is 0 Å². The summed E-state index contributed by atoms with van der Waals surface area (Å²) in [5, 5.41) is 0.357. The number of nitrogens with two attached hydrogens (primary N) is 1. The third-order valence-electron chi connectivity index (χ3n) is 2.83. The van der Waals surface area contributed by atoms with Crippen LogP contribution in [0.2, 0.25) is 5.02 Å². The average Bonchev–Trinajstić information content (AvgIpc) is 3.05. The molecule has 1 amide bonds. The molecule has 1 fully saturated rings. The zero-order chi connectivity index (χ0) is 11.7. The van der Waals surface area contributed by atoms with E-state index in [0.29, 0.717) is 22.2 Å². The molecular weight excluding hydrogens is 224 g/mol. The monoisotopic (exact) mass is 238 g/mol. The van der Waals surface area contributed by atoms with Crippen LogP contribution in [-0.2, 0) is 0 Å². The Labute approximate surface area is 100 Å². The maximum atomic E-state index is 12.1. The van der Waals surface area contributed by atoms with Crippen LogP contribution < -0.4 is 5.73 Å². The highest BCUT2D eigenvalue weighted by atomic mass is 35.5. The van der Waals surface area contributed by atoms with E-state index in [1.807, 2.05) is 0 Å². The molecule has 0 radical (unpaired) electrons. The summed E-state index contributed by atoms with van der Waals surface area (Å²) in [5.74, 6) is 0.623. The first-order valence-corrected chi connectivity index (χ1v) is 5.77. The van der Waals surface area contributed by atoms with Crippen LogP contribution in [-0.4, -0.2) is 24.4 Å². The number of halogens is 1. The Morgan fingerprint density at radius 1 is 1.56 bits per heavy atom. The molecule has 16 heavy (non-hydrogen) atoms. The number of nitrogens with zero attached hydrogens (tertiary/aromatic N) is 1. The summed E-state index contributed by atoms with van der Waals surface area (Å²) in [6.07, 6.45) is 2.45. The largest absolute Gasteiger partial charge is 0.398 e. The maximum Gasteiger partial charge on any atom is 0.255 e. The molecule has 2 N–H and O–H groups in total. The average molecular weight is 239 g/mol. The smallest absolute Gasteiger partial charge is 0.255 e. The van der Waals surface area contributed by atoms with Crippen LogP contribution in [0, 0.1) is 5.92 Å². The summed E-state index contributed by atoms with van der Waals surface area (Å²) in [5.41, 5.74) is 6.61. The molecule has 0 saturated heterocycles. The highest BCUT2D eigenvalue weighted by Gasteiger charge is 2.26. The summed E-state index contributed by atoms with van der Waals surface area (Å²) in [6, 6.07) is 5.16. The molecule has 3 nitrogen and oxygen atoms in total. The molecule has 1 aromatic rings. The molecule has 4 heteroatoms. The van der Waals surface area contributed by atoms with E-state index < -0.39 is 0 Å². The molecule has 86 valence electrons. The van der Waals surface area contributed by atoms with Crippen molar-refractivity contribution in [2.24, 2.45) is 5.92 Å². The third-order valence-corrected chi connectivity index (χ3v) is 3.26. The van der Waals surface area contributed by atoms with Gasteiger partial charge in [-0.05, 0) is 30.9 Å². The summed E-state index contributed by atoms with van der Waals surface area (Å²) >= 11 is 6.01. The molecule has 1 saturated carbocycles. The van der Waals surface area contributed by atoms with Gasteiger partial charge in [0.15, 0.2) is 0 Å². The number of nitrogen functional groups attached to an aromatic ring is 1. The van der Waals surface area contributed by atoms with E-state index >= 15 is 0 Å². The minimum atomic E-state index is -0.0517. The zero-order valence-electron chi connectivity index (χ0n) is 9.24. The van der Waals surface area contributed by atoms with Crippen LogP contribution in [0.4, 0.5) is 5.69 Å². The number of hydrogen-bond donors (Lipinski definition) is 1. The van der Waals surface area contributed by atoms with E-state index in [-0.39, 0.29) is 5.91 Å². The molecule has 0 atom stereocenters. The van der Waals surface area contributed by atoms with E-state index in [2.05, 4.69) is 0 Å². The molecule has 0 bridgehead atoms. The second-order valence-corrected chi connectivity index (χ2v) is 4.72. The van der Waals surface area contributed by atoms with Gasteiger partial charge in [-0.3, -0.25) is 4.79 Å². The van der Waals surface area contributed by atoms with Gasteiger partial charge in [-0.25, -0.2) is 0 Å². The predicted molar refractivity (Wildman–Crippen MR) is 65.5 cm³/mol. The first-order valence-electron chi connectivity index (χ1n) is 5.39. The summed E-state index contributed by atoms with van der Waals surface area (Å²) in [7, 11) is 1.81. The lowest BCUT2D eigenvalue weighted by Gasteiger charge is -2.17. The van der Waals surface area contributed by atoms with Gasteiger partial charge in [-0.1, -0.05) is 17.7 Å². The molecule has 0 unspecified atom stereocenters. The lowest BCUT2D eigenvalue weighted by molar-refractivity contribution is 0.0789. The molecule has 0 heterocycles. The highest BCUT2D eigenvalue weighted by molar-refractivity contribution is 6.36. The van der Waals surface area contributed by atoms with Crippen molar-refractivity contribution in [2.75, 3.05) is 19.3 Å². The van der Waals surface area contributed by atoms with Gasteiger partial charge in [0.05, 0.1) is 16.3 Å². The lowest BCUT2D eigenvalue weighted by Crippen LogP contribution is -2.29. The van der Waals surface area contributed by atoms with Gasteiger partial charge in [0.25, 0.3) is 5.91 Å². The first kappa shape index (κ1) is 11.3. The van der Waals surface area contributed by atoms with Crippen LogP contribution in [0.3, 0.4) is 0 Å². The van der Waals surface area contributed by atoms with Crippen LogP contribution in [0.25, 0.3) is 0 Å². The van der Waals surface area contributed by atoms with Crippen LogP contribution >= 0.6 is 11.6 Å². The van der Waals surface area contributed by atoms with E-state index in [0.717, 1.165) is 6.54 Å². The molecule has 1 aliphatic rings. The number of carbonyl (C=O) groups excluding carboxylic acids is 1. The van der Waals surface area contributed by atoms with E-state index in [1.165, 1.54) is 12.8 Å². The van der Waals surface area contributed by atoms with Gasteiger partial charge in [0.1, 0.15) is 0 Å². The Bertz CT molecular complexity index is 415. The minimum absolute atomic E-state index is 0.0517. The fraction of sp³-hybridized carbons (Fsp3) is 0.417. The Morgan fingerprint density at radius 2 is 2.25 bits per heavy atom. The van der Waals surface area contributed by atoms with Gasteiger partial charge < -0.3 is 10.6 Å². The van der Waals surface area contributed by atoms with E-state index in [9.17, 15) is 4.79 Å². The van der Waals surface area contributed by atoms with Crippen molar-refractivity contribution in [1.82, 2.24) is 4.90 Å². The summed E-state index contributed by atoms with van der Waals surface area (Å²) < 4.78 is 0. The van der Waals surface area contributed by atoms with Crippen LogP contribution in [0.5, 0.6) is 0 Å². The third kappa shape index (κ3) is 2.30. The van der Waals surface area contributed by atoms with Crippen LogP contribution in [0.15, 0.2) is 18.2 Å². The molecule has 0 aromatic heterocycles. The molecule has 0 aliphatic heterocycles. The highest BCUT2D eigenvalue weighted by Crippen LogP contribution is 2.30. The van der Waals surface area contributed by atoms with Crippen molar-refractivity contribution in [3.63, 3.8) is 0 Å². The molecule has 2 rings (SSSR count). The zero-order valence-corrected chi connectivity index (χ0v) is 10.00. The second kappa shape index (κ2) is 4.34. The number of rotatable bonds is 3. The number of benzene rings is 1. The summed E-state index contributed by atoms with van der Waals surface area (Å²) in [6.45, 7) is 0.809. The van der Waals surface area contributed by atoms with Crippen molar-refractivity contribution < 1.29 is 4.79 Å². The Balaban J connectivity index is 2.15. The standard InChI is InChI=1S/C12H15ClN2O/c1-15(7-8-5-6-8)12(16)9-3-2-4-10(14)11(9)13/h2-4,8H,5-7,14H2,1H3. The molecule has 1 aliphatic carbocycles. The SMILES string of the molecule is CN(CC1CC1)C(=O)c1cccc(N)c1Cl. The van der Waals surface area contributed by atoms with Gasteiger partial charge >= 0.3 is 0 Å². The minimum Gasteiger partial charge on any atom is -0.398 e. The van der Waals surface area contributed by atoms with Crippen LogP contribution in [0.1, 0.15) is 23.2 Å². The summed E-state index contributed by atoms with van der Waals surface area (Å²) in [4.78, 5) is 13.8. The topological polar surface area (TPSA) is 46.3 Å². The number of anilines is 1. The molecule has 0 spiro atoms. The Kier molecular flexibility index (Phi) is 3.06. The van der Waals surface area contributed by atoms with Crippen molar-refractivity contribution in [2.45, 2.75) is 12.8 Å². The predicted octanol–water partition coefficient (Wildman–Crippen LogP) is 2.40. The van der Waals surface area contributed by atoms with Crippen molar-refractivity contribution in [3.8, 4) is 0 Å². The van der Waals surface area contributed by atoms with Crippen molar-refractivity contribution in [1.29, 1.82) is 0 Å². The number of hydrogen-bond acceptors (Lipinski definition) is 2. The number of amides is 1. The van der Waals surface area contributed by atoms with Crippen molar-refractivity contribution >= 4 is 23.2 Å². The molecule has 1 aromatic carbocycles. The quantitative estimate of drug-likeness (QED) is 0.822. The first-order chi connectivity index (χ1) is 7.59. The van der Waals surface area contributed by atoms with E-state index in [4.69, 9.17) is 17.3 Å². The Morgan fingerprint density at radius 3 is 2.88 bits per heavy atom. The van der Waals surface area contributed by atoms with Gasteiger partial charge in [-0.15, -0.1) is 0 Å². The fourth-order valence-electron chi connectivity index (χ4n) is 1.69. The second-order valence-electron chi connectivity index (χ2n) is 4.34. The molecular formula is C12H15ClN2O.